The zero-order valence-corrected chi connectivity index (χ0v) is 11.0. The van der Waals surface area contributed by atoms with Crippen molar-refractivity contribution in [3.8, 4) is 0 Å². The third kappa shape index (κ3) is 3.72. The molecule has 1 aromatic heterocycles. The number of aromatic nitrogens is 2. The first-order chi connectivity index (χ1) is 7.52. The number of aryl methyl sites for hydroxylation is 1. The Kier molecular flexibility index (Phi) is 5.15. The second kappa shape index (κ2) is 6.15. The number of hydrogen-bond donors (Lipinski definition) is 1. The maximum absolute atomic E-state index is 11.0. The van der Waals surface area contributed by atoms with Crippen LogP contribution in [0.2, 0.25) is 0 Å². The molecule has 0 fully saturated rings. The van der Waals surface area contributed by atoms with Gasteiger partial charge in [0.1, 0.15) is 0 Å². The van der Waals surface area contributed by atoms with Crippen LogP contribution < -0.4 is 5.73 Å². The van der Waals surface area contributed by atoms with Crippen molar-refractivity contribution in [3.63, 3.8) is 0 Å². The molecule has 4 nitrogen and oxygen atoms in total. The Hall–Kier alpha value is -0.680. The lowest BCUT2D eigenvalue weighted by Gasteiger charge is -2.17. The van der Waals surface area contributed by atoms with Gasteiger partial charge in [0.2, 0.25) is 0 Å². The number of rotatable bonds is 6. The summed E-state index contributed by atoms with van der Waals surface area (Å²) in [5, 5.41) is 0. The molecule has 2 N–H and O–H groups in total. The van der Waals surface area contributed by atoms with Crippen LogP contribution in [0.3, 0.4) is 0 Å². The lowest BCUT2D eigenvalue weighted by atomic mass is 10.0. The fraction of sp³-hybridized carbons (Fsp3) is 0.727. The Labute approximate surface area is 99.7 Å². The maximum Gasteiger partial charge on any atom is 0.0948 e. The van der Waals surface area contributed by atoms with Gasteiger partial charge in [-0.05, 0) is 12.3 Å². The summed E-state index contributed by atoms with van der Waals surface area (Å²) in [7, 11) is -0.718. The van der Waals surface area contributed by atoms with E-state index in [-0.39, 0.29) is 6.04 Å². The van der Waals surface area contributed by atoms with Gasteiger partial charge < -0.3 is 10.3 Å². The fourth-order valence-electron chi connectivity index (χ4n) is 1.58. The molecule has 0 aliphatic rings. The fourth-order valence-corrected chi connectivity index (χ4v) is 2.11. The van der Waals surface area contributed by atoms with Crippen molar-refractivity contribution in [2.45, 2.75) is 32.9 Å². The van der Waals surface area contributed by atoms with E-state index in [0.717, 1.165) is 24.4 Å². The molecule has 2 unspecified atom stereocenters. The van der Waals surface area contributed by atoms with E-state index in [4.69, 9.17) is 5.73 Å². The summed E-state index contributed by atoms with van der Waals surface area (Å²) < 4.78 is 13.0. The number of nitrogens with two attached hydrogens (primary N) is 1. The minimum atomic E-state index is -0.718. The summed E-state index contributed by atoms with van der Waals surface area (Å²) in [5.74, 6) is 1.13. The molecule has 92 valence electrons. The molecule has 0 aliphatic heterocycles. The Morgan fingerprint density at radius 3 is 2.81 bits per heavy atom. The van der Waals surface area contributed by atoms with Gasteiger partial charge in [-0.15, -0.1) is 0 Å². The van der Waals surface area contributed by atoms with Gasteiger partial charge in [-0.3, -0.25) is 4.21 Å². The van der Waals surface area contributed by atoms with Crippen molar-refractivity contribution in [3.05, 3.63) is 18.2 Å². The molecule has 0 aromatic carbocycles. The van der Waals surface area contributed by atoms with Gasteiger partial charge in [0.05, 0.1) is 12.0 Å². The molecule has 0 radical (unpaired) electrons. The van der Waals surface area contributed by atoms with Crippen molar-refractivity contribution in [1.29, 1.82) is 0 Å². The topological polar surface area (TPSA) is 60.9 Å². The van der Waals surface area contributed by atoms with E-state index in [2.05, 4.69) is 23.4 Å². The number of nitrogens with zero attached hydrogens (tertiary/aromatic N) is 2. The zero-order chi connectivity index (χ0) is 12.1. The lowest BCUT2D eigenvalue weighted by Crippen LogP contribution is -2.20. The van der Waals surface area contributed by atoms with Gasteiger partial charge >= 0.3 is 0 Å². The van der Waals surface area contributed by atoms with E-state index in [1.165, 1.54) is 0 Å². The second-order valence-corrected chi connectivity index (χ2v) is 5.97. The van der Waals surface area contributed by atoms with E-state index < -0.39 is 10.8 Å². The molecule has 0 saturated heterocycles. The highest BCUT2D eigenvalue weighted by Gasteiger charge is 2.14. The van der Waals surface area contributed by atoms with E-state index in [1.54, 1.807) is 12.6 Å². The first-order valence-electron chi connectivity index (χ1n) is 5.58. The molecule has 1 aromatic rings. The quantitative estimate of drug-likeness (QED) is 0.819. The average molecular weight is 243 g/mol. The first kappa shape index (κ1) is 13.4. The van der Waals surface area contributed by atoms with E-state index in [0.29, 0.717) is 5.92 Å². The minimum absolute atomic E-state index is 0.0228. The Morgan fingerprint density at radius 2 is 2.25 bits per heavy atom. The predicted molar refractivity (Wildman–Crippen MR) is 67.5 cm³/mol. The van der Waals surface area contributed by atoms with Crippen LogP contribution in [0.1, 0.15) is 32.0 Å². The highest BCUT2D eigenvalue weighted by Crippen LogP contribution is 2.18. The summed E-state index contributed by atoms with van der Waals surface area (Å²) in [6.45, 7) is 5.04. The molecule has 0 amide bonds. The van der Waals surface area contributed by atoms with Gasteiger partial charge in [0.25, 0.3) is 0 Å². The van der Waals surface area contributed by atoms with Gasteiger partial charge in [-0.1, -0.05) is 13.8 Å². The number of hydrogen-bond acceptors (Lipinski definition) is 3. The van der Waals surface area contributed by atoms with Gasteiger partial charge in [-0.25, -0.2) is 4.98 Å². The van der Waals surface area contributed by atoms with Crippen molar-refractivity contribution in [2.24, 2.45) is 11.7 Å². The molecule has 16 heavy (non-hydrogen) atoms. The highest BCUT2D eigenvalue weighted by molar-refractivity contribution is 7.84. The Bertz CT molecular complexity index is 349. The summed E-state index contributed by atoms with van der Waals surface area (Å²) in [6, 6.07) is 0.0228. The summed E-state index contributed by atoms with van der Waals surface area (Å²) in [4.78, 5) is 4.13. The van der Waals surface area contributed by atoms with Crippen LogP contribution in [0.4, 0.5) is 0 Å². The van der Waals surface area contributed by atoms with Crippen molar-refractivity contribution in [1.82, 2.24) is 9.55 Å². The number of imidazole rings is 1. The predicted octanol–water partition coefficient (Wildman–Crippen LogP) is 1.31. The van der Waals surface area contributed by atoms with Crippen molar-refractivity contribution < 1.29 is 4.21 Å². The Balaban J connectivity index is 2.60. The third-order valence-electron chi connectivity index (χ3n) is 2.64. The van der Waals surface area contributed by atoms with Crippen molar-refractivity contribution in [2.75, 3.05) is 12.0 Å². The molecular weight excluding hydrogens is 222 g/mol. The standard InChI is InChI=1S/C11H21N3OS/c1-9(2)11(12)10-7-13-8-14(10)5-4-6-16(3)15/h7-9,11H,4-6,12H2,1-3H3. The average Bonchev–Trinajstić information content (AvgIpc) is 2.64. The second-order valence-electron chi connectivity index (χ2n) is 4.41. The van der Waals surface area contributed by atoms with Gasteiger partial charge in [0, 0.05) is 41.6 Å². The molecule has 5 heteroatoms. The molecule has 2 atom stereocenters. The van der Waals surface area contributed by atoms with Crippen LogP contribution >= 0.6 is 0 Å². The summed E-state index contributed by atoms with van der Waals surface area (Å²) in [5.41, 5.74) is 7.16. The molecule has 0 saturated carbocycles. The maximum atomic E-state index is 11.0. The minimum Gasteiger partial charge on any atom is -0.333 e. The van der Waals surface area contributed by atoms with Crippen LogP contribution in [0, 0.1) is 5.92 Å². The highest BCUT2D eigenvalue weighted by atomic mass is 32.2. The van der Waals surface area contributed by atoms with Crippen LogP contribution in [0.5, 0.6) is 0 Å². The molecule has 0 bridgehead atoms. The van der Waals surface area contributed by atoms with Crippen molar-refractivity contribution >= 4 is 10.8 Å². The van der Waals surface area contributed by atoms with Crippen LogP contribution in [0.25, 0.3) is 0 Å². The lowest BCUT2D eigenvalue weighted by molar-refractivity contribution is 0.476. The van der Waals surface area contributed by atoms with Crippen LogP contribution in [-0.2, 0) is 17.3 Å². The summed E-state index contributed by atoms with van der Waals surface area (Å²) in [6.07, 6.45) is 6.26. The normalized spacial score (nSPS) is 15.3. The van der Waals surface area contributed by atoms with E-state index in [9.17, 15) is 4.21 Å². The van der Waals surface area contributed by atoms with E-state index in [1.807, 2.05) is 6.20 Å². The van der Waals surface area contributed by atoms with Crippen LogP contribution in [-0.4, -0.2) is 25.8 Å². The van der Waals surface area contributed by atoms with E-state index >= 15 is 0 Å². The first-order valence-corrected chi connectivity index (χ1v) is 7.30. The molecule has 0 aliphatic carbocycles. The van der Waals surface area contributed by atoms with Crippen LogP contribution in [0.15, 0.2) is 12.5 Å². The third-order valence-corrected chi connectivity index (χ3v) is 3.50. The van der Waals surface area contributed by atoms with Gasteiger partial charge in [-0.2, -0.15) is 0 Å². The molecule has 0 spiro atoms. The summed E-state index contributed by atoms with van der Waals surface area (Å²) >= 11 is 0. The largest absolute Gasteiger partial charge is 0.333 e. The zero-order valence-electron chi connectivity index (χ0n) is 10.2. The molecule has 1 rings (SSSR count). The van der Waals surface area contributed by atoms with Gasteiger partial charge in [0.15, 0.2) is 0 Å². The molecule has 1 heterocycles. The molecular formula is C11H21N3OS. The Morgan fingerprint density at radius 1 is 1.56 bits per heavy atom. The smallest absolute Gasteiger partial charge is 0.0948 e. The SMILES string of the molecule is CC(C)C(N)c1cncn1CCCS(C)=O. The monoisotopic (exact) mass is 243 g/mol.